The number of nitrogens with one attached hydrogen (secondary N) is 1. The van der Waals surface area contributed by atoms with Crippen LogP contribution in [0.2, 0.25) is 0 Å². The molecule has 2 aromatic rings. The predicted molar refractivity (Wildman–Crippen MR) is 72.9 cm³/mol. The number of anilines is 1. The number of hydrogen-bond donors (Lipinski definition) is 2. The van der Waals surface area contributed by atoms with Gasteiger partial charge in [-0.05, 0) is 30.2 Å². The summed E-state index contributed by atoms with van der Waals surface area (Å²) in [4.78, 5) is -0.441. The summed E-state index contributed by atoms with van der Waals surface area (Å²) in [7, 11) is -2.14. The van der Waals surface area contributed by atoms with E-state index in [1.165, 1.54) is 6.07 Å². The lowest BCUT2D eigenvalue weighted by Gasteiger charge is -2.07. The minimum atomic E-state index is -3.91. The summed E-state index contributed by atoms with van der Waals surface area (Å²) in [5.41, 5.74) is 6.56. The molecule has 0 unspecified atom stereocenters. The van der Waals surface area contributed by atoms with Gasteiger partial charge in [-0.2, -0.15) is 5.10 Å². The molecule has 1 aromatic heterocycles. The number of benzene rings is 1. The summed E-state index contributed by atoms with van der Waals surface area (Å²) in [6.07, 6.45) is 3.90. The molecule has 0 aliphatic rings. The number of sulfonamides is 1. The highest BCUT2D eigenvalue weighted by Crippen LogP contribution is 2.17. The van der Waals surface area contributed by atoms with Gasteiger partial charge in [0.2, 0.25) is 10.0 Å². The van der Waals surface area contributed by atoms with Crippen LogP contribution in [0.1, 0.15) is 5.56 Å². The summed E-state index contributed by atoms with van der Waals surface area (Å²) in [5.74, 6) is -0.826. The molecule has 20 heavy (non-hydrogen) atoms. The lowest BCUT2D eigenvalue weighted by molar-refractivity contribution is 0.557. The van der Waals surface area contributed by atoms with Gasteiger partial charge in [-0.3, -0.25) is 4.68 Å². The van der Waals surface area contributed by atoms with Crippen molar-refractivity contribution in [2.45, 2.75) is 11.3 Å². The van der Waals surface area contributed by atoms with E-state index in [2.05, 4.69) is 9.82 Å². The topological polar surface area (TPSA) is 90.0 Å². The molecule has 6 nitrogen and oxygen atoms in total. The Bertz CT molecular complexity index is 712. The Hall–Kier alpha value is -1.93. The van der Waals surface area contributed by atoms with Gasteiger partial charge in [-0.15, -0.1) is 0 Å². The average Bonchev–Trinajstić information content (AvgIpc) is 2.78. The van der Waals surface area contributed by atoms with E-state index in [-0.39, 0.29) is 12.2 Å². The first kappa shape index (κ1) is 14.5. The van der Waals surface area contributed by atoms with Gasteiger partial charge in [-0.25, -0.2) is 17.5 Å². The molecule has 2 rings (SSSR count). The average molecular weight is 298 g/mol. The highest BCUT2D eigenvalue weighted by atomic mass is 32.2. The minimum Gasteiger partial charge on any atom is -0.399 e. The zero-order valence-electron chi connectivity index (χ0n) is 10.9. The summed E-state index contributed by atoms with van der Waals surface area (Å²) < 4.78 is 41.4. The fraction of sp³-hybridized carbons (Fsp3) is 0.250. The van der Waals surface area contributed by atoms with Gasteiger partial charge in [0.25, 0.3) is 0 Å². The second-order valence-corrected chi connectivity index (χ2v) is 6.10. The molecule has 0 atom stereocenters. The Morgan fingerprint density at radius 3 is 2.85 bits per heavy atom. The SMILES string of the molecule is Cn1cc(CCNS(=O)(=O)c2cc(N)ccc2F)cn1. The molecule has 0 saturated carbocycles. The number of rotatable bonds is 5. The lowest BCUT2D eigenvalue weighted by atomic mass is 10.3. The van der Waals surface area contributed by atoms with Crippen LogP contribution in [0.3, 0.4) is 0 Å². The minimum absolute atomic E-state index is 0.155. The predicted octanol–water partition coefficient (Wildman–Crippen LogP) is 0.662. The Morgan fingerprint density at radius 2 is 2.20 bits per heavy atom. The second kappa shape index (κ2) is 5.59. The Morgan fingerprint density at radius 1 is 1.45 bits per heavy atom. The Kier molecular flexibility index (Phi) is 4.05. The lowest BCUT2D eigenvalue weighted by Crippen LogP contribution is -2.26. The van der Waals surface area contributed by atoms with Crippen LogP contribution in [0.4, 0.5) is 10.1 Å². The van der Waals surface area contributed by atoms with Crippen molar-refractivity contribution < 1.29 is 12.8 Å². The van der Waals surface area contributed by atoms with E-state index in [4.69, 9.17) is 5.73 Å². The van der Waals surface area contributed by atoms with E-state index in [0.29, 0.717) is 6.42 Å². The van der Waals surface area contributed by atoms with E-state index < -0.39 is 20.7 Å². The molecular formula is C12H15FN4O2S. The normalized spacial score (nSPS) is 11.7. The van der Waals surface area contributed by atoms with Crippen LogP contribution in [-0.4, -0.2) is 24.7 Å². The third-order valence-electron chi connectivity index (χ3n) is 2.71. The summed E-state index contributed by atoms with van der Waals surface area (Å²) in [5, 5.41) is 3.98. The molecule has 0 amide bonds. The Labute approximate surface area is 116 Å². The zero-order valence-corrected chi connectivity index (χ0v) is 11.7. The summed E-state index contributed by atoms with van der Waals surface area (Å²) >= 11 is 0. The van der Waals surface area contributed by atoms with Crippen molar-refractivity contribution in [2.24, 2.45) is 7.05 Å². The first-order valence-corrected chi connectivity index (χ1v) is 7.39. The first-order chi connectivity index (χ1) is 9.38. The van der Waals surface area contributed by atoms with Crippen LogP contribution in [0, 0.1) is 5.82 Å². The van der Waals surface area contributed by atoms with E-state index in [0.717, 1.165) is 17.7 Å². The fourth-order valence-electron chi connectivity index (χ4n) is 1.73. The third kappa shape index (κ3) is 3.34. The van der Waals surface area contributed by atoms with Gasteiger partial charge in [0, 0.05) is 25.5 Å². The monoisotopic (exact) mass is 298 g/mol. The number of aromatic nitrogens is 2. The number of hydrogen-bond acceptors (Lipinski definition) is 4. The van der Waals surface area contributed by atoms with Gasteiger partial charge in [0.15, 0.2) is 0 Å². The molecule has 0 fully saturated rings. The van der Waals surface area contributed by atoms with Crippen molar-refractivity contribution in [3.05, 3.63) is 42.0 Å². The molecule has 8 heteroatoms. The highest BCUT2D eigenvalue weighted by Gasteiger charge is 2.18. The quantitative estimate of drug-likeness (QED) is 0.794. The summed E-state index contributed by atoms with van der Waals surface area (Å²) in [6, 6.07) is 3.44. The molecule has 0 saturated heterocycles. The molecule has 0 radical (unpaired) electrons. The number of nitrogens with two attached hydrogens (primary N) is 1. The first-order valence-electron chi connectivity index (χ1n) is 5.91. The van der Waals surface area contributed by atoms with Gasteiger partial charge in [0.1, 0.15) is 10.7 Å². The van der Waals surface area contributed by atoms with Crippen LogP contribution in [-0.2, 0) is 23.5 Å². The molecule has 1 heterocycles. The molecule has 3 N–H and O–H groups in total. The van der Waals surface area contributed by atoms with E-state index in [1.807, 2.05) is 0 Å². The molecule has 0 spiro atoms. The zero-order chi connectivity index (χ0) is 14.8. The molecule has 0 aliphatic carbocycles. The van der Waals surface area contributed by atoms with Crippen LogP contribution in [0.15, 0.2) is 35.5 Å². The smallest absolute Gasteiger partial charge is 0.243 e. The van der Waals surface area contributed by atoms with Crippen molar-refractivity contribution in [3.63, 3.8) is 0 Å². The van der Waals surface area contributed by atoms with Gasteiger partial charge < -0.3 is 5.73 Å². The number of halogens is 1. The van der Waals surface area contributed by atoms with Crippen LogP contribution < -0.4 is 10.5 Å². The maximum absolute atomic E-state index is 13.5. The molecular weight excluding hydrogens is 283 g/mol. The highest BCUT2D eigenvalue weighted by molar-refractivity contribution is 7.89. The van der Waals surface area contributed by atoms with Crippen LogP contribution in [0.25, 0.3) is 0 Å². The fourth-order valence-corrected chi connectivity index (χ4v) is 2.88. The van der Waals surface area contributed by atoms with Crippen molar-refractivity contribution in [3.8, 4) is 0 Å². The van der Waals surface area contributed by atoms with Crippen LogP contribution in [0.5, 0.6) is 0 Å². The number of aryl methyl sites for hydroxylation is 1. The van der Waals surface area contributed by atoms with E-state index in [9.17, 15) is 12.8 Å². The second-order valence-electron chi connectivity index (χ2n) is 4.36. The van der Waals surface area contributed by atoms with Crippen molar-refractivity contribution in [1.82, 2.24) is 14.5 Å². The molecule has 0 bridgehead atoms. The maximum atomic E-state index is 13.5. The van der Waals surface area contributed by atoms with Crippen LogP contribution >= 0.6 is 0 Å². The van der Waals surface area contributed by atoms with Gasteiger partial charge >= 0.3 is 0 Å². The third-order valence-corrected chi connectivity index (χ3v) is 4.18. The Balaban J connectivity index is 2.06. The van der Waals surface area contributed by atoms with Crippen molar-refractivity contribution in [2.75, 3.05) is 12.3 Å². The standard InChI is InChI=1S/C12H15FN4O2S/c1-17-8-9(7-15-17)4-5-16-20(18,19)12-6-10(14)2-3-11(12)13/h2-3,6-8,16H,4-5,14H2,1H3. The number of nitrogens with zero attached hydrogens (tertiary/aromatic N) is 2. The molecule has 108 valence electrons. The van der Waals surface area contributed by atoms with Crippen molar-refractivity contribution >= 4 is 15.7 Å². The summed E-state index contributed by atoms with van der Waals surface area (Å²) in [6.45, 7) is 0.155. The number of nitrogen functional groups attached to an aromatic ring is 1. The largest absolute Gasteiger partial charge is 0.399 e. The van der Waals surface area contributed by atoms with Gasteiger partial charge in [0.05, 0.1) is 6.20 Å². The van der Waals surface area contributed by atoms with Crippen molar-refractivity contribution in [1.29, 1.82) is 0 Å². The molecule has 1 aromatic carbocycles. The van der Waals surface area contributed by atoms with E-state index in [1.54, 1.807) is 24.1 Å². The van der Waals surface area contributed by atoms with Gasteiger partial charge in [-0.1, -0.05) is 0 Å². The van der Waals surface area contributed by atoms with E-state index >= 15 is 0 Å². The maximum Gasteiger partial charge on any atom is 0.243 e. The molecule has 0 aliphatic heterocycles.